The molecule has 2 aliphatic rings. The Kier molecular flexibility index (Phi) is 15.6. The van der Waals surface area contributed by atoms with Crippen LogP contribution in [0, 0.1) is 0 Å². The molecule has 0 saturated carbocycles. The number of hydrogen-bond acceptors (Lipinski definition) is 8. The van der Waals surface area contributed by atoms with Crippen molar-refractivity contribution in [3.05, 3.63) is 177 Å². The number of aromatic nitrogens is 2. The lowest BCUT2D eigenvalue weighted by molar-refractivity contribution is 0.0684. The van der Waals surface area contributed by atoms with E-state index < -0.39 is 11.9 Å². The smallest absolute Gasteiger partial charge is 0.336 e. The van der Waals surface area contributed by atoms with Crippen LogP contribution < -0.4 is 20.4 Å². The topological polar surface area (TPSA) is 131 Å². The average Bonchev–Trinajstić information content (AvgIpc) is 3.32. The van der Waals surface area contributed by atoms with Gasteiger partial charge >= 0.3 is 11.9 Å². The molecular weight excluding hydrogens is 797 g/mol. The molecule has 6 aromatic rings. The summed E-state index contributed by atoms with van der Waals surface area (Å²) < 4.78 is 0. The van der Waals surface area contributed by atoms with Crippen molar-refractivity contribution >= 4 is 34.7 Å². The molecule has 0 spiro atoms. The zero-order valence-electron chi connectivity index (χ0n) is 37.7. The highest BCUT2D eigenvalue weighted by atomic mass is 16.4. The Labute approximate surface area is 378 Å². The number of carboxylic acid groups (broad SMARTS) is 2. The van der Waals surface area contributed by atoms with Crippen molar-refractivity contribution in [1.82, 2.24) is 20.6 Å². The molecule has 4 N–H and O–H groups in total. The molecule has 0 bridgehead atoms. The van der Waals surface area contributed by atoms with Crippen LogP contribution >= 0.6 is 0 Å². The molecule has 0 radical (unpaired) electrons. The van der Waals surface area contributed by atoms with Gasteiger partial charge in [-0.25, -0.2) is 9.59 Å². The number of nitrogens with zero attached hydrogens (tertiary/aromatic N) is 4. The highest BCUT2D eigenvalue weighted by Crippen LogP contribution is 2.34. The normalized spacial score (nSPS) is 15.2. The number of carbonyl (C=O) groups is 2. The highest BCUT2D eigenvalue weighted by Gasteiger charge is 2.23. The van der Waals surface area contributed by atoms with Crippen molar-refractivity contribution in [3.8, 4) is 0 Å². The molecule has 0 unspecified atom stereocenters. The van der Waals surface area contributed by atoms with Crippen molar-refractivity contribution < 1.29 is 19.8 Å². The maximum atomic E-state index is 11.5. The summed E-state index contributed by atoms with van der Waals surface area (Å²) in [6.45, 7) is 6.26. The number of aryl methyl sites for hydroxylation is 4. The molecule has 332 valence electrons. The van der Waals surface area contributed by atoms with E-state index >= 15 is 0 Å². The minimum Gasteiger partial charge on any atom is -0.478 e. The summed E-state index contributed by atoms with van der Waals surface area (Å²) >= 11 is 0. The standard InChI is InChI=1S/2C27H31N3O2/c2*1-3-4-19-5-8-22(9-6-19)30(2)23-10-11-24-20(17-23)13-16-29-26(24)12-7-21-18-28-15-14-25(21)27(31)32/h2*5-6,8-11,14-15,17-18,26,29H,3-4,7,12-13,16H2,1-2H3,(H,31,32)/t2*26-/m10/s1. The van der Waals surface area contributed by atoms with E-state index in [4.69, 9.17) is 0 Å². The molecule has 4 heterocycles. The first kappa shape index (κ1) is 45.7. The van der Waals surface area contributed by atoms with Crippen molar-refractivity contribution in [2.75, 3.05) is 37.0 Å². The van der Waals surface area contributed by atoms with Gasteiger partial charge < -0.3 is 30.6 Å². The number of anilines is 4. The molecule has 8 rings (SSSR count). The Bertz CT molecular complexity index is 2330. The summed E-state index contributed by atoms with van der Waals surface area (Å²) in [5.74, 6) is -1.79. The van der Waals surface area contributed by atoms with Gasteiger partial charge in [-0.2, -0.15) is 0 Å². The molecule has 0 saturated heterocycles. The van der Waals surface area contributed by atoms with Crippen LogP contribution in [0.2, 0.25) is 0 Å². The van der Waals surface area contributed by atoms with Crippen LogP contribution in [-0.4, -0.2) is 59.3 Å². The third-order valence-corrected chi connectivity index (χ3v) is 12.7. The fraction of sp³-hybridized carbons (Fsp3) is 0.333. The Hall–Kier alpha value is -6.36. The van der Waals surface area contributed by atoms with Gasteiger partial charge in [0.1, 0.15) is 0 Å². The number of pyridine rings is 2. The largest absolute Gasteiger partial charge is 0.478 e. The fourth-order valence-electron chi connectivity index (χ4n) is 9.13. The molecule has 10 nitrogen and oxygen atoms in total. The number of carboxylic acids is 2. The monoisotopic (exact) mass is 858 g/mol. The van der Waals surface area contributed by atoms with E-state index in [1.165, 1.54) is 68.5 Å². The van der Waals surface area contributed by atoms with Gasteiger partial charge in [0.05, 0.1) is 11.1 Å². The molecule has 0 amide bonds. The van der Waals surface area contributed by atoms with E-state index in [-0.39, 0.29) is 12.1 Å². The minimum absolute atomic E-state index is 0.216. The first-order valence-electron chi connectivity index (χ1n) is 22.8. The summed E-state index contributed by atoms with van der Waals surface area (Å²) in [6.07, 6.45) is 16.0. The summed E-state index contributed by atoms with van der Waals surface area (Å²) in [6, 6.07) is 34.7. The molecule has 0 aliphatic carbocycles. The Morgan fingerprint density at radius 2 is 0.953 bits per heavy atom. The average molecular weight is 859 g/mol. The van der Waals surface area contributed by atoms with E-state index in [9.17, 15) is 19.8 Å². The fourth-order valence-corrected chi connectivity index (χ4v) is 9.13. The summed E-state index contributed by atoms with van der Waals surface area (Å²) in [7, 11) is 4.23. The molecule has 10 heteroatoms. The molecular formula is C54H62N6O4. The van der Waals surface area contributed by atoms with Gasteiger partial charge in [-0.05, 0) is 170 Å². The van der Waals surface area contributed by atoms with Gasteiger partial charge in [0.15, 0.2) is 0 Å². The third kappa shape index (κ3) is 11.2. The highest BCUT2D eigenvalue weighted by molar-refractivity contribution is 5.89. The van der Waals surface area contributed by atoms with Gasteiger partial charge in [0.2, 0.25) is 0 Å². The first-order chi connectivity index (χ1) is 31.1. The van der Waals surface area contributed by atoms with Crippen LogP contribution in [0.25, 0.3) is 0 Å². The first-order valence-corrected chi connectivity index (χ1v) is 22.8. The van der Waals surface area contributed by atoms with Gasteiger partial charge in [-0.1, -0.05) is 63.1 Å². The number of rotatable bonds is 16. The quantitative estimate of drug-likeness (QED) is 0.0746. The van der Waals surface area contributed by atoms with E-state index in [2.05, 4.69) is 143 Å². The van der Waals surface area contributed by atoms with Crippen LogP contribution in [0.4, 0.5) is 22.7 Å². The zero-order valence-corrected chi connectivity index (χ0v) is 37.7. The molecule has 4 aromatic carbocycles. The Balaban J connectivity index is 0.000000191. The van der Waals surface area contributed by atoms with Crippen molar-refractivity contribution in [2.24, 2.45) is 0 Å². The molecule has 2 atom stereocenters. The molecule has 0 fully saturated rings. The summed E-state index contributed by atoms with van der Waals surface area (Å²) in [4.78, 5) is 35.7. The lowest BCUT2D eigenvalue weighted by atomic mass is 9.89. The van der Waals surface area contributed by atoms with Crippen molar-refractivity contribution in [3.63, 3.8) is 0 Å². The number of nitrogens with one attached hydrogen (secondary N) is 2. The summed E-state index contributed by atoms with van der Waals surface area (Å²) in [5, 5.41) is 26.1. The van der Waals surface area contributed by atoms with Gasteiger partial charge in [0, 0.05) is 73.7 Å². The second kappa shape index (κ2) is 21.8. The molecule has 64 heavy (non-hydrogen) atoms. The lowest BCUT2D eigenvalue weighted by Crippen LogP contribution is -2.30. The SMILES string of the molecule is CCCc1ccc(N(C)c2ccc3c(c2)CCN[C@@H]3CCc2cnccc2C(=O)O)cc1.CCCc1ccc(N(C)c2ccc3c(c2)CCN[C@H]3CCc2cnccc2C(=O)O)cc1. The van der Waals surface area contributed by atoms with Crippen LogP contribution in [0.1, 0.15) is 117 Å². The third-order valence-electron chi connectivity index (χ3n) is 12.7. The Morgan fingerprint density at radius 3 is 1.33 bits per heavy atom. The predicted octanol–water partition coefficient (Wildman–Crippen LogP) is 10.6. The minimum atomic E-state index is -0.894. The zero-order chi connectivity index (χ0) is 45.0. The van der Waals surface area contributed by atoms with Crippen molar-refractivity contribution in [2.45, 2.75) is 90.1 Å². The van der Waals surface area contributed by atoms with E-state index in [0.717, 1.165) is 75.6 Å². The second-order valence-electron chi connectivity index (χ2n) is 17.0. The number of benzene rings is 4. The molecule has 2 aromatic heterocycles. The van der Waals surface area contributed by atoms with Gasteiger partial charge in [-0.3, -0.25) is 9.97 Å². The van der Waals surface area contributed by atoms with Gasteiger partial charge in [-0.15, -0.1) is 0 Å². The van der Waals surface area contributed by atoms with Crippen molar-refractivity contribution in [1.29, 1.82) is 0 Å². The number of aromatic carboxylic acids is 2. The van der Waals surface area contributed by atoms with Crippen LogP contribution in [0.3, 0.4) is 0 Å². The maximum absolute atomic E-state index is 11.5. The van der Waals surface area contributed by atoms with Gasteiger partial charge in [0.25, 0.3) is 0 Å². The van der Waals surface area contributed by atoms with E-state index in [1.54, 1.807) is 24.5 Å². The second-order valence-corrected chi connectivity index (χ2v) is 17.0. The maximum Gasteiger partial charge on any atom is 0.336 e. The van der Waals surface area contributed by atoms with E-state index in [0.29, 0.717) is 24.0 Å². The number of fused-ring (bicyclic) bond motifs is 2. The van der Waals surface area contributed by atoms with Crippen LogP contribution in [0.5, 0.6) is 0 Å². The van der Waals surface area contributed by atoms with Crippen LogP contribution in [-0.2, 0) is 38.5 Å². The van der Waals surface area contributed by atoms with Crippen LogP contribution in [0.15, 0.2) is 122 Å². The van der Waals surface area contributed by atoms with E-state index in [1.807, 2.05) is 0 Å². The predicted molar refractivity (Wildman–Crippen MR) is 258 cm³/mol. The lowest BCUT2D eigenvalue weighted by Gasteiger charge is -2.29. The number of hydrogen-bond donors (Lipinski definition) is 4. The summed E-state index contributed by atoms with van der Waals surface area (Å²) in [5.41, 5.74) is 15.1. The Morgan fingerprint density at radius 1 is 0.562 bits per heavy atom. The molecule has 2 aliphatic heterocycles.